The van der Waals surface area contributed by atoms with E-state index in [1.165, 1.54) is 51.4 Å². The first-order valence-corrected chi connectivity index (χ1v) is 9.40. The predicted molar refractivity (Wildman–Crippen MR) is 101 cm³/mol. The van der Waals surface area contributed by atoms with Crippen molar-refractivity contribution < 1.29 is 9.53 Å². The first kappa shape index (κ1) is 20.3. The molecule has 0 bridgehead atoms. The number of carbonyl (C=O) groups is 1. The molecule has 0 saturated heterocycles. The molecule has 0 fully saturated rings. The molecule has 2 nitrogen and oxygen atoms in total. The van der Waals surface area contributed by atoms with Crippen molar-refractivity contribution in [2.45, 2.75) is 77.2 Å². The summed E-state index contributed by atoms with van der Waals surface area (Å²) in [6.45, 7) is 5.85. The molecule has 132 valence electrons. The number of unbranched alkanes of at least 4 members (excludes halogenated alkanes) is 8. The quantitative estimate of drug-likeness (QED) is 0.235. The lowest BCUT2D eigenvalue weighted by atomic mass is 10.0. The third-order valence-electron chi connectivity index (χ3n) is 4.16. The molecule has 0 saturated carbocycles. The van der Waals surface area contributed by atoms with Gasteiger partial charge in [-0.3, -0.25) is 0 Å². The Hall–Kier alpha value is -1.79. The summed E-state index contributed by atoms with van der Waals surface area (Å²) in [5.41, 5.74) is 3.34. The summed E-state index contributed by atoms with van der Waals surface area (Å²) in [6.07, 6.45) is 14.0. The average Bonchev–Trinajstić information content (AvgIpc) is 2.61. The van der Waals surface area contributed by atoms with Gasteiger partial charge in [0.2, 0.25) is 0 Å². The highest BCUT2D eigenvalue weighted by atomic mass is 16.5. The molecule has 1 atom stereocenters. The fourth-order valence-corrected chi connectivity index (χ4v) is 2.74. The lowest BCUT2D eigenvalue weighted by Crippen LogP contribution is -2.16. The second-order valence-electron chi connectivity index (χ2n) is 6.30. The average molecular weight is 328 g/mol. The predicted octanol–water partition coefficient (Wildman–Crippen LogP) is 6.47. The van der Waals surface area contributed by atoms with E-state index in [-0.39, 0.29) is 12.1 Å². The van der Waals surface area contributed by atoms with Crippen molar-refractivity contribution in [3.05, 3.63) is 54.3 Å². The molecule has 24 heavy (non-hydrogen) atoms. The SMILES string of the molecule is C=C=CC(CCCCCCCCCCC)OC(=O)c1ccccc1. The van der Waals surface area contributed by atoms with E-state index in [2.05, 4.69) is 19.2 Å². The van der Waals surface area contributed by atoms with Crippen molar-refractivity contribution >= 4 is 5.97 Å². The zero-order chi connectivity index (χ0) is 17.5. The fourth-order valence-electron chi connectivity index (χ4n) is 2.74. The lowest BCUT2D eigenvalue weighted by Gasteiger charge is -2.13. The van der Waals surface area contributed by atoms with Gasteiger partial charge < -0.3 is 4.74 Å². The van der Waals surface area contributed by atoms with E-state index in [4.69, 9.17) is 4.74 Å². The zero-order valence-corrected chi connectivity index (χ0v) is 15.1. The van der Waals surface area contributed by atoms with Crippen molar-refractivity contribution in [2.24, 2.45) is 0 Å². The minimum Gasteiger partial charge on any atom is -0.454 e. The van der Waals surface area contributed by atoms with Crippen LogP contribution in [-0.2, 0) is 4.74 Å². The molecule has 0 N–H and O–H groups in total. The summed E-state index contributed by atoms with van der Waals surface area (Å²) < 4.78 is 5.55. The van der Waals surface area contributed by atoms with E-state index in [1.807, 2.05) is 18.2 Å². The molecule has 0 amide bonds. The minimum absolute atomic E-state index is 0.222. The molecule has 0 aliphatic heterocycles. The number of hydrogen-bond donors (Lipinski definition) is 0. The molecule has 0 aromatic heterocycles. The number of carbonyl (C=O) groups excluding carboxylic acids is 1. The maximum atomic E-state index is 12.1. The van der Waals surface area contributed by atoms with Gasteiger partial charge in [-0.05, 0) is 31.1 Å². The van der Waals surface area contributed by atoms with Crippen LogP contribution in [0.4, 0.5) is 0 Å². The van der Waals surface area contributed by atoms with E-state index in [0.29, 0.717) is 5.56 Å². The van der Waals surface area contributed by atoms with Gasteiger partial charge in [0.25, 0.3) is 0 Å². The topological polar surface area (TPSA) is 26.3 Å². The standard InChI is InChI=1S/C22H32O2/c1-3-5-6-7-8-9-10-11-15-19-21(16-4-2)24-22(23)20-17-13-12-14-18-20/h12-14,16-18,21H,2-3,5-11,15,19H2,1H3. The summed E-state index contributed by atoms with van der Waals surface area (Å²) in [5, 5.41) is 0. The van der Waals surface area contributed by atoms with Crippen molar-refractivity contribution in [3.8, 4) is 0 Å². The summed E-state index contributed by atoms with van der Waals surface area (Å²) in [6, 6.07) is 9.12. The van der Waals surface area contributed by atoms with Crippen LogP contribution >= 0.6 is 0 Å². The lowest BCUT2D eigenvalue weighted by molar-refractivity contribution is 0.0376. The van der Waals surface area contributed by atoms with Crippen molar-refractivity contribution in [2.75, 3.05) is 0 Å². The van der Waals surface area contributed by atoms with E-state index >= 15 is 0 Å². The van der Waals surface area contributed by atoms with Crippen LogP contribution in [0.3, 0.4) is 0 Å². The summed E-state index contributed by atoms with van der Waals surface area (Å²) >= 11 is 0. The number of rotatable bonds is 13. The van der Waals surface area contributed by atoms with Gasteiger partial charge in [-0.2, -0.15) is 0 Å². The maximum Gasteiger partial charge on any atom is 0.338 e. The van der Waals surface area contributed by atoms with E-state index in [9.17, 15) is 4.79 Å². The van der Waals surface area contributed by atoms with Gasteiger partial charge in [0, 0.05) is 0 Å². The van der Waals surface area contributed by atoms with Gasteiger partial charge in [0.15, 0.2) is 0 Å². The fraction of sp³-hybridized carbons (Fsp3) is 0.545. The molecule has 1 unspecified atom stereocenters. The molecule has 0 aliphatic rings. The van der Waals surface area contributed by atoms with Crippen LogP contribution in [0.25, 0.3) is 0 Å². The number of esters is 1. The van der Waals surface area contributed by atoms with Gasteiger partial charge in [-0.25, -0.2) is 4.79 Å². The molecule has 1 aromatic rings. The van der Waals surface area contributed by atoms with Gasteiger partial charge in [0.1, 0.15) is 6.10 Å². The normalized spacial score (nSPS) is 11.5. The van der Waals surface area contributed by atoms with Crippen LogP contribution in [0, 0.1) is 0 Å². The van der Waals surface area contributed by atoms with E-state index in [0.717, 1.165) is 12.8 Å². The largest absolute Gasteiger partial charge is 0.454 e. The van der Waals surface area contributed by atoms with Crippen LogP contribution in [0.15, 0.2) is 48.7 Å². The van der Waals surface area contributed by atoms with Crippen molar-refractivity contribution in [3.63, 3.8) is 0 Å². The Balaban J connectivity index is 2.19. The molecule has 0 spiro atoms. The first-order chi connectivity index (χ1) is 11.8. The Morgan fingerprint density at radius 3 is 2.21 bits per heavy atom. The zero-order valence-electron chi connectivity index (χ0n) is 15.1. The number of benzene rings is 1. The second-order valence-corrected chi connectivity index (χ2v) is 6.30. The summed E-state index contributed by atoms with van der Waals surface area (Å²) in [7, 11) is 0. The molecule has 1 aromatic carbocycles. The number of ether oxygens (including phenoxy) is 1. The highest BCUT2D eigenvalue weighted by molar-refractivity contribution is 5.89. The highest BCUT2D eigenvalue weighted by Gasteiger charge is 2.13. The van der Waals surface area contributed by atoms with E-state index < -0.39 is 0 Å². The van der Waals surface area contributed by atoms with Crippen molar-refractivity contribution in [1.82, 2.24) is 0 Å². The van der Waals surface area contributed by atoms with Crippen LogP contribution in [0.2, 0.25) is 0 Å². The summed E-state index contributed by atoms with van der Waals surface area (Å²) in [5.74, 6) is -0.275. The second kappa shape index (κ2) is 13.6. The van der Waals surface area contributed by atoms with Crippen molar-refractivity contribution in [1.29, 1.82) is 0 Å². The Morgan fingerprint density at radius 1 is 1.04 bits per heavy atom. The highest BCUT2D eigenvalue weighted by Crippen LogP contribution is 2.14. The number of hydrogen-bond acceptors (Lipinski definition) is 2. The minimum atomic E-state index is -0.275. The Bertz CT molecular complexity index is 486. The van der Waals surface area contributed by atoms with Gasteiger partial charge >= 0.3 is 5.97 Å². The van der Waals surface area contributed by atoms with Gasteiger partial charge in [-0.1, -0.05) is 83.1 Å². The van der Waals surface area contributed by atoms with Gasteiger partial charge in [0.05, 0.1) is 5.56 Å². The molecule has 0 heterocycles. The Kier molecular flexibility index (Phi) is 11.5. The molecular weight excluding hydrogens is 296 g/mol. The van der Waals surface area contributed by atoms with Crippen LogP contribution in [0.5, 0.6) is 0 Å². The monoisotopic (exact) mass is 328 g/mol. The first-order valence-electron chi connectivity index (χ1n) is 9.40. The Labute approximate surface area is 147 Å². The maximum absolute atomic E-state index is 12.1. The smallest absolute Gasteiger partial charge is 0.338 e. The third-order valence-corrected chi connectivity index (χ3v) is 4.16. The molecule has 0 aliphatic carbocycles. The Morgan fingerprint density at radius 2 is 1.62 bits per heavy atom. The van der Waals surface area contributed by atoms with Crippen LogP contribution in [-0.4, -0.2) is 12.1 Å². The summed E-state index contributed by atoms with van der Waals surface area (Å²) in [4.78, 5) is 12.1. The molecule has 2 heteroatoms. The van der Waals surface area contributed by atoms with Crippen LogP contribution in [0.1, 0.15) is 81.5 Å². The third kappa shape index (κ3) is 9.37. The van der Waals surface area contributed by atoms with Crippen LogP contribution < -0.4 is 0 Å². The molecule has 0 radical (unpaired) electrons. The molecular formula is C22H32O2. The van der Waals surface area contributed by atoms with E-state index in [1.54, 1.807) is 18.2 Å². The van der Waals surface area contributed by atoms with Gasteiger partial charge in [-0.15, -0.1) is 5.73 Å². The molecule has 1 rings (SSSR count).